The van der Waals surface area contributed by atoms with Gasteiger partial charge in [-0.1, -0.05) is 6.07 Å². The quantitative estimate of drug-likeness (QED) is 0.709. The summed E-state index contributed by atoms with van der Waals surface area (Å²) < 4.78 is 5.51. The third-order valence-corrected chi connectivity index (χ3v) is 3.92. The standard InChI is InChI=1S/C21H28N4O3/c1-15-14-16(19(22)26)9-10-17(15)23-12-7-13-25(18-8-5-6-11-24-18)20(27)28-21(2,3)4/h5-6,8-11,14,23H,7,12-13H2,1-4H3,(H2,22,26). The van der Waals surface area contributed by atoms with E-state index in [-0.39, 0.29) is 0 Å². The molecule has 0 spiro atoms. The highest BCUT2D eigenvalue weighted by atomic mass is 16.6. The van der Waals surface area contributed by atoms with Gasteiger partial charge >= 0.3 is 6.09 Å². The Morgan fingerprint density at radius 1 is 1.21 bits per heavy atom. The number of hydrogen-bond donors (Lipinski definition) is 2. The van der Waals surface area contributed by atoms with Crippen LogP contribution in [-0.2, 0) is 4.74 Å². The maximum absolute atomic E-state index is 12.6. The average Bonchev–Trinajstić information content (AvgIpc) is 2.61. The second-order valence-electron chi connectivity index (χ2n) is 7.49. The van der Waals surface area contributed by atoms with Gasteiger partial charge < -0.3 is 15.8 Å². The molecule has 7 heteroatoms. The molecule has 7 nitrogen and oxygen atoms in total. The SMILES string of the molecule is Cc1cc(C(N)=O)ccc1NCCCN(C(=O)OC(C)(C)C)c1ccccn1. The van der Waals surface area contributed by atoms with E-state index in [1.807, 2.05) is 39.8 Å². The first-order valence-corrected chi connectivity index (χ1v) is 9.23. The Balaban J connectivity index is 1.98. The Bertz CT molecular complexity index is 816. The summed E-state index contributed by atoms with van der Waals surface area (Å²) in [6.07, 6.45) is 1.91. The molecule has 150 valence electrons. The summed E-state index contributed by atoms with van der Waals surface area (Å²) in [5.74, 6) is 0.108. The van der Waals surface area contributed by atoms with Crippen molar-refractivity contribution in [1.82, 2.24) is 4.98 Å². The number of pyridine rings is 1. The number of amides is 2. The highest BCUT2D eigenvalue weighted by Crippen LogP contribution is 2.18. The topological polar surface area (TPSA) is 97.6 Å². The number of anilines is 2. The Labute approximate surface area is 165 Å². The van der Waals surface area contributed by atoms with Gasteiger partial charge in [-0.3, -0.25) is 9.69 Å². The van der Waals surface area contributed by atoms with Crippen molar-refractivity contribution < 1.29 is 14.3 Å². The molecule has 3 N–H and O–H groups in total. The van der Waals surface area contributed by atoms with Crippen LogP contribution in [-0.4, -0.2) is 35.7 Å². The third kappa shape index (κ3) is 6.26. The van der Waals surface area contributed by atoms with E-state index in [2.05, 4.69) is 10.3 Å². The van der Waals surface area contributed by atoms with Gasteiger partial charge in [-0.2, -0.15) is 0 Å². The molecular formula is C21H28N4O3. The summed E-state index contributed by atoms with van der Waals surface area (Å²) in [6, 6.07) is 10.7. The first kappa shape index (κ1) is 21.2. The molecule has 0 bridgehead atoms. The van der Waals surface area contributed by atoms with Gasteiger partial charge in [0.1, 0.15) is 11.4 Å². The van der Waals surface area contributed by atoms with Gasteiger partial charge in [-0.15, -0.1) is 0 Å². The number of hydrogen-bond acceptors (Lipinski definition) is 5. The van der Waals surface area contributed by atoms with Crippen molar-refractivity contribution in [1.29, 1.82) is 0 Å². The number of nitrogens with zero attached hydrogens (tertiary/aromatic N) is 2. The Morgan fingerprint density at radius 2 is 1.96 bits per heavy atom. The normalized spacial score (nSPS) is 11.0. The number of aryl methyl sites for hydroxylation is 1. The van der Waals surface area contributed by atoms with E-state index in [0.717, 1.165) is 11.3 Å². The molecule has 2 rings (SSSR count). The zero-order valence-corrected chi connectivity index (χ0v) is 16.9. The van der Waals surface area contributed by atoms with Crippen molar-refractivity contribution >= 4 is 23.5 Å². The fourth-order valence-electron chi connectivity index (χ4n) is 2.61. The van der Waals surface area contributed by atoms with E-state index >= 15 is 0 Å². The first-order chi connectivity index (χ1) is 13.2. The minimum atomic E-state index is -0.582. The van der Waals surface area contributed by atoms with E-state index in [0.29, 0.717) is 30.9 Å². The highest BCUT2D eigenvalue weighted by Gasteiger charge is 2.23. The van der Waals surface area contributed by atoms with Gasteiger partial charge in [0.05, 0.1) is 0 Å². The van der Waals surface area contributed by atoms with E-state index in [1.54, 1.807) is 30.5 Å². The van der Waals surface area contributed by atoms with Crippen molar-refractivity contribution in [3.63, 3.8) is 0 Å². The summed E-state index contributed by atoms with van der Waals surface area (Å²) in [7, 11) is 0. The molecule has 0 saturated heterocycles. The molecule has 0 radical (unpaired) electrons. The fraction of sp³-hybridized carbons (Fsp3) is 0.381. The number of rotatable bonds is 7. The van der Waals surface area contributed by atoms with E-state index < -0.39 is 17.6 Å². The predicted octanol–water partition coefficient (Wildman–Crippen LogP) is 3.73. The second-order valence-corrected chi connectivity index (χ2v) is 7.49. The van der Waals surface area contributed by atoms with Crippen molar-refractivity contribution in [2.45, 2.75) is 39.7 Å². The molecule has 0 aliphatic heterocycles. The number of carbonyl (C=O) groups excluding carboxylic acids is 2. The summed E-state index contributed by atoms with van der Waals surface area (Å²) in [6.45, 7) is 8.51. The zero-order valence-electron chi connectivity index (χ0n) is 16.9. The number of carbonyl (C=O) groups is 2. The molecule has 0 aliphatic rings. The van der Waals surface area contributed by atoms with Gasteiger partial charge in [0, 0.05) is 30.5 Å². The fourth-order valence-corrected chi connectivity index (χ4v) is 2.61. The van der Waals surface area contributed by atoms with Crippen molar-refractivity contribution in [3.8, 4) is 0 Å². The zero-order chi connectivity index (χ0) is 20.7. The van der Waals surface area contributed by atoms with Crippen LogP contribution >= 0.6 is 0 Å². The number of aromatic nitrogens is 1. The van der Waals surface area contributed by atoms with E-state index in [1.165, 1.54) is 4.90 Å². The lowest BCUT2D eigenvalue weighted by atomic mass is 10.1. The van der Waals surface area contributed by atoms with Crippen LogP contribution in [0.5, 0.6) is 0 Å². The molecule has 0 fully saturated rings. The average molecular weight is 384 g/mol. The summed E-state index contributed by atoms with van der Waals surface area (Å²) in [5, 5.41) is 3.32. The predicted molar refractivity (Wildman–Crippen MR) is 111 cm³/mol. The van der Waals surface area contributed by atoms with Crippen LogP contribution in [0, 0.1) is 6.92 Å². The summed E-state index contributed by atoms with van der Waals surface area (Å²) in [4.78, 5) is 29.6. The minimum Gasteiger partial charge on any atom is -0.443 e. The lowest BCUT2D eigenvalue weighted by molar-refractivity contribution is 0.0579. The Hall–Kier alpha value is -3.09. The van der Waals surface area contributed by atoms with Crippen molar-refractivity contribution in [2.24, 2.45) is 5.73 Å². The molecule has 2 aromatic rings. The lowest BCUT2D eigenvalue weighted by Gasteiger charge is -2.27. The molecule has 1 heterocycles. The number of primary amides is 1. The van der Waals surface area contributed by atoms with Gasteiger partial charge in [0.2, 0.25) is 5.91 Å². The lowest BCUT2D eigenvalue weighted by Crippen LogP contribution is -2.38. The van der Waals surface area contributed by atoms with Gasteiger partial charge in [0.25, 0.3) is 0 Å². The molecule has 0 aliphatic carbocycles. The smallest absolute Gasteiger partial charge is 0.416 e. The molecular weight excluding hydrogens is 356 g/mol. The number of nitrogens with one attached hydrogen (secondary N) is 1. The van der Waals surface area contributed by atoms with Gasteiger partial charge in [-0.05, 0) is 70.0 Å². The summed E-state index contributed by atoms with van der Waals surface area (Å²) >= 11 is 0. The maximum atomic E-state index is 12.6. The molecule has 28 heavy (non-hydrogen) atoms. The van der Waals surface area contributed by atoms with Crippen LogP contribution in [0.15, 0.2) is 42.6 Å². The molecule has 1 aromatic heterocycles. The minimum absolute atomic E-state index is 0.423. The Morgan fingerprint density at radius 3 is 2.54 bits per heavy atom. The molecule has 1 aromatic carbocycles. The van der Waals surface area contributed by atoms with E-state index in [9.17, 15) is 9.59 Å². The molecule has 2 amide bonds. The van der Waals surface area contributed by atoms with Gasteiger partial charge in [0.15, 0.2) is 0 Å². The van der Waals surface area contributed by atoms with Gasteiger partial charge in [-0.25, -0.2) is 9.78 Å². The summed E-state index contributed by atoms with van der Waals surface area (Å²) in [5.41, 5.74) is 7.06. The largest absolute Gasteiger partial charge is 0.443 e. The van der Waals surface area contributed by atoms with Crippen LogP contribution < -0.4 is 16.0 Å². The monoisotopic (exact) mass is 384 g/mol. The Kier molecular flexibility index (Phi) is 6.98. The molecule has 0 unspecified atom stereocenters. The number of ether oxygens (including phenoxy) is 1. The second kappa shape index (κ2) is 9.21. The third-order valence-electron chi connectivity index (χ3n) is 3.92. The highest BCUT2D eigenvalue weighted by molar-refractivity contribution is 5.93. The van der Waals surface area contributed by atoms with Crippen LogP contribution in [0.25, 0.3) is 0 Å². The van der Waals surface area contributed by atoms with Crippen molar-refractivity contribution in [3.05, 3.63) is 53.7 Å². The number of benzene rings is 1. The first-order valence-electron chi connectivity index (χ1n) is 9.23. The number of nitrogens with two attached hydrogens (primary N) is 1. The van der Waals surface area contributed by atoms with Crippen LogP contribution in [0.3, 0.4) is 0 Å². The van der Waals surface area contributed by atoms with E-state index in [4.69, 9.17) is 10.5 Å². The van der Waals surface area contributed by atoms with Crippen LogP contribution in [0.4, 0.5) is 16.3 Å². The van der Waals surface area contributed by atoms with Crippen LogP contribution in [0.1, 0.15) is 43.1 Å². The molecule has 0 atom stereocenters. The van der Waals surface area contributed by atoms with Crippen molar-refractivity contribution in [2.75, 3.05) is 23.3 Å². The maximum Gasteiger partial charge on any atom is 0.416 e. The molecule has 0 saturated carbocycles. The van der Waals surface area contributed by atoms with Crippen LogP contribution in [0.2, 0.25) is 0 Å².